The van der Waals surface area contributed by atoms with Crippen LogP contribution in [-0.4, -0.2) is 58.3 Å². The molecule has 0 saturated heterocycles. The molecule has 0 aliphatic carbocycles. The van der Waals surface area contributed by atoms with Gasteiger partial charge < -0.3 is 49.3 Å². The van der Waals surface area contributed by atoms with E-state index in [0.29, 0.717) is 0 Å². The van der Waals surface area contributed by atoms with Gasteiger partial charge in [0, 0.05) is 0 Å². The van der Waals surface area contributed by atoms with Crippen LogP contribution in [0.2, 0.25) is 0 Å². The van der Waals surface area contributed by atoms with E-state index in [1.54, 1.807) is 0 Å². The summed E-state index contributed by atoms with van der Waals surface area (Å²) in [6.07, 6.45) is 1.92. The second kappa shape index (κ2) is 20.5. The van der Waals surface area contributed by atoms with Crippen molar-refractivity contribution < 1.29 is 184 Å². The van der Waals surface area contributed by atoms with Gasteiger partial charge in [-0.05, 0) is 59.7 Å². The molecule has 0 aromatic heterocycles. The maximum Gasteiger partial charge on any atom is 1.00 e. The van der Waals surface area contributed by atoms with E-state index < -0.39 is 87.5 Å². The molecule has 0 saturated carbocycles. The Labute approximate surface area is 382 Å². The third-order valence-corrected chi connectivity index (χ3v) is 7.97. The molecule has 4 aromatic carbocycles. The largest absolute Gasteiger partial charge is 1.00 e. The molecular formula is C28H16N4Na4O14S2. The van der Waals surface area contributed by atoms with Crippen molar-refractivity contribution in [1.82, 2.24) is 0 Å². The fraction of sp³-hybridized carbons (Fsp3) is 0. The number of phenolic OH excluding ortho intramolecular Hbond substituents is 2. The minimum atomic E-state index is -5.26. The number of nitrogens with zero attached hydrogens (tertiary/aromatic N) is 4. The third kappa shape index (κ3) is 12.1. The fourth-order valence-electron chi connectivity index (χ4n) is 4.02. The van der Waals surface area contributed by atoms with Gasteiger partial charge in [0.1, 0.15) is 54.6 Å². The number of rotatable bonds is 10. The van der Waals surface area contributed by atoms with Crippen LogP contribution in [0.25, 0.3) is 12.2 Å². The van der Waals surface area contributed by atoms with Gasteiger partial charge in [0.15, 0.2) is 0 Å². The maximum atomic E-state index is 12.0. The van der Waals surface area contributed by atoms with Crippen molar-refractivity contribution in [2.75, 3.05) is 0 Å². The molecule has 0 bridgehead atoms. The Morgan fingerprint density at radius 3 is 1.12 bits per heavy atom. The first-order valence-corrected chi connectivity index (χ1v) is 15.4. The third-order valence-electron chi connectivity index (χ3n) is 6.18. The molecule has 0 atom stereocenters. The van der Waals surface area contributed by atoms with Crippen LogP contribution in [0.3, 0.4) is 0 Å². The average Bonchev–Trinajstić information content (AvgIpc) is 2.99. The molecule has 0 radical (unpaired) electrons. The quantitative estimate of drug-likeness (QED) is 0.0381. The van der Waals surface area contributed by atoms with Crippen LogP contribution >= 0.6 is 0 Å². The van der Waals surface area contributed by atoms with Crippen LogP contribution < -0.4 is 128 Å². The van der Waals surface area contributed by atoms with Crippen molar-refractivity contribution in [1.29, 1.82) is 0 Å². The summed E-state index contributed by atoms with van der Waals surface area (Å²) in [4.78, 5) is 20.9. The first kappa shape index (κ1) is 49.8. The Kier molecular flexibility index (Phi) is 19.6. The minimum Gasteiger partial charge on any atom is -0.744 e. The monoisotopic (exact) mass is 788 g/mol. The molecule has 248 valence electrons. The minimum absolute atomic E-state index is 0. The van der Waals surface area contributed by atoms with Gasteiger partial charge in [-0.3, -0.25) is 0 Å². The molecule has 0 amide bonds. The Bertz CT molecular complexity index is 2160. The van der Waals surface area contributed by atoms with Crippen molar-refractivity contribution in [2.45, 2.75) is 9.79 Å². The molecule has 0 fully saturated rings. The Morgan fingerprint density at radius 1 is 0.519 bits per heavy atom. The van der Waals surface area contributed by atoms with Crippen molar-refractivity contribution in [3.63, 3.8) is 0 Å². The van der Waals surface area contributed by atoms with Gasteiger partial charge in [-0.2, -0.15) is 10.2 Å². The molecular weight excluding hydrogens is 772 g/mol. The van der Waals surface area contributed by atoms with Gasteiger partial charge in [0.05, 0.1) is 44.2 Å². The summed E-state index contributed by atoms with van der Waals surface area (Å²) >= 11 is 0. The molecule has 52 heavy (non-hydrogen) atoms. The summed E-state index contributed by atoms with van der Waals surface area (Å²) in [6.45, 7) is 0. The maximum absolute atomic E-state index is 12.0. The number of phenols is 4. The van der Waals surface area contributed by atoms with E-state index in [1.165, 1.54) is 0 Å². The Hall–Kier alpha value is -2.22. The van der Waals surface area contributed by atoms with Gasteiger partial charge in [0.25, 0.3) is 0 Å². The van der Waals surface area contributed by atoms with E-state index >= 15 is 0 Å². The smallest absolute Gasteiger partial charge is 0.744 e. The predicted octanol–water partition coefficient (Wildman–Crippen LogP) is -9.94. The zero-order valence-electron chi connectivity index (χ0n) is 27.4. The van der Waals surface area contributed by atoms with Crippen LogP contribution in [0.1, 0.15) is 31.8 Å². The number of benzene rings is 4. The predicted molar refractivity (Wildman–Crippen MR) is 154 cm³/mol. The van der Waals surface area contributed by atoms with Gasteiger partial charge in [-0.25, -0.2) is 16.8 Å². The van der Waals surface area contributed by atoms with Gasteiger partial charge in [-0.1, -0.05) is 24.3 Å². The van der Waals surface area contributed by atoms with E-state index in [4.69, 9.17) is 0 Å². The average molecular weight is 789 g/mol. The summed E-state index contributed by atoms with van der Waals surface area (Å²) in [5, 5.41) is 76.4. The van der Waals surface area contributed by atoms with Gasteiger partial charge >= 0.3 is 118 Å². The fourth-order valence-corrected chi connectivity index (χ4v) is 5.40. The van der Waals surface area contributed by atoms with Crippen molar-refractivity contribution in [2.24, 2.45) is 20.5 Å². The Balaban J connectivity index is 0.00000650. The Morgan fingerprint density at radius 2 is 0.827 bits per heavy atom. The van der Waals surface area contributed by atoms with Crippen molar-refractivity contribution in [3.8, 4) is 23.0 Å². The SMILES string of the molecule is O=C([O-])c1c(O)ccc(O)c1N=Nc1ccc(/C=C/c2ccc(N=Nc3c(O)ccc(O)c3C(=O)[O-])cc2S(=O)(=O)[O-])c(S(=O)(=O)[O-])c1.[Na+].[Na+].[Na+].[Na+]. The van der Waals surface area contributed by atoms with Crippen molar-refractivity contribution >= 4 is 67.1 Å². The van der Waals surface area contributed by atoms with E-state index in [2.05, 4.69) is 20.5 Å². The number of hydrogen-bond donors (Lipinski definition) is 4. The first-order chi connectivity index (χ1) is 22.4. The van der Waals surface area contributed by atoms with Crippen molar-refractivity contribution in [3.05, 3.63) is 82.9 Å². The molecule has 0 heterocycles. The molecule has 0 unspecified atom stereocenters. The molecule has 0 spiro atoms. The van der Waals surface area contributed by atoms with Gasteiger partial charge in [-0.15, -0.1) is 10.2 Å². The summed E-state index contributed by atoms with van der Waals surface area (Å²) in [5.74, 6) is -6.94. The zero-order chi connectivity index (χ0) is 35.6. The summed E-state index contributed by atoms with van der Waals surface area (Å²) in [5.41, 5.74) is -4.66. The molecule has 4 N–H and O–H groups in total. The first-order valence-electron chi connectivity index (χ1n) is 12.6. The van der Waals surface area contributed by atoms with E-state index in [1.807, 2.05) is 0 Å². The van der Waals surface area contributed by atoms with Gasteiger partial charge in [0.2, 0.25) is 0 Å². The molecule has 0 aliphatic rings. The molecule has 4 rings (SSSR count). The number of aromatic carboxylic acids is 2. The summed E-state index contributed by atoms with van der Waals surface area (Å²) < 4.78 is 72.2. The van der Waals surface area contributed by atoms with Crippen LogP contribution in [0.15, 0.2) is 90.9 Å². The standard InChI is InChI=1S/C28H20N4O14S2.4Na/c33-17-7-9-19(35)25(23(17)27(37)38)31-29-15-5-3-13(21(11-15)47(41,42)43)1-2-14-4-6-16(12-22(14)48(44,45)46)30-32-26-20(36)10-8-18(34)24(26)28(39)40;;;;/h1-12,33-36H,(H,37,38)(H,39,40)(H,41,42,43)(H,44,45,46);;;;/q;4*+1/p-4/b2-1+,31-29?,32-30?;;;;. The molecule has 0 aliphatic heterocycles. The zero-order valence-corrected chi connectivity index (χ0v) is 37.0. The normalized spacial score (nSPS) is 11.3. The number of carboxylic acids is 2. The molecule has 4 aromatic rings. The number of carbonyl (C=O) groups excluding carboxylic acids is 2. The number of aromatic hydroxyl groups is 4. The van der Waals surface area contributed by atoms with Crippen LogP contribution in [0, 0.1) is 0 Å². The van der Waals surface area contributed by atoms with Crippen LogP contribution in [0.4, 0.5) is 22.7 Å². The number of hydrogen-bond acceptors (Lipinski definition) is 18. The number of carboxylic acid groups (broad SMARTS) is 2. The second-order valence-electron chi connectivity index (χ2n) is 9.32. The molecule has 24 heteroatoms. The second-order valence-corrected chi connectivity index (χ2v) is 12.0. The summed E-state index contributed by atoms with van der Waals surface area (Å²) in [6, 6.07) is 9.19. The van der Waals surface area contributed by atoms with E-state index in [0.717, 1.165) is 72.8 Å². The summed E-state index contributed by atoms with van der Waals surface area (Å²) in [7, 11) is -10.5. The van der Waals surface area contributed by atoms with E-state index in [9.17, 15) is 66.2 Å². The van der Waals surface area contributed by atoms with Crippen LogP contribution in [0.5, 0.6) is 23.0 Å². The topological polar surface area (TPSA) is 325 Å². The number of carbonyl (C=O) groups is 2. The molecule has 18 nitrogen and oxygen atoms in total. The number of azo groups is 2. The van der Waals surface area contributed by atoms with E-state index in [-0.39, 0.29) is 141 Å². The van der Waals surface area contributed by atoms with Crippen LogP contribution in [-0.2, 0) is 20.2 Å².